The Labute approximate surface area is 339 Å². The highest BCUT2D eigenvalue weighted by Gasteiger charge is 2.71. The third kappa shape index (κ3) is 7.06. The molecule has 5 N–H and O–H groups in total. The summed E-state index contributed by atoms with van der Waals surface area (Å²) in [7, 11) is -3.96. The first kappa shape index (κ1) is 42.7. The average molecular weight is 861 g/mol. The molecule has 5 fully saturated rings. The topological polar surface area (TPSA) is 313 Å². The largest absolute Gasteiger partial charge is 0.481 e. The Morgan fingerprint density at radius 3 is 2.20 bits per heavy atom. The van der Waals surface area contributed by atoms with Crippen LogP contribution in [0.2, 0.25) is 0 Å². The second-order valence-electron chi connectivity index (χ2n) is 15.2. The zero-order valence-corrected chi connectivity index (χ0v) is 33.5. The number of likely N-dealkylation sites (N-methyl/N-ethyl adjacent to an activating group) is 1. The number of thioether (sulfide) groups is 1. The lowest BCUT2D eigenvalue weighted by Crippen LogP contribution is -2.71. The van der Waals surface area contributed by atoms with Gasteiger partial charge in [0.2, 0.25) is 11.8 Å². The van der Waals surface area contributed by atoms with Crippen LogP contribution in [0.25, 0.3) is 0 Å². The standard InChI is InChI=1S/C23H27N5O7S.C12H13N3O7S/c1-4-26-10-11-27(19(32)18(26)31)22(35)25-13(12-8-6-5-7-9-12)16(29)24-14-17(30)28-15(21(33)34)23(2,3)36-20(14)28;1-12(4-15-5(10(17)18)3-13-14-15)9(11(19)20)8-6(16)2-7(8)23(12,21)22/h5-9,13-15,20H,4,10-11H2,1-3H3,(H,24,29)(H,25,35)(H,33,34);3,7-9H,2,4H2,1H3,(H,17,18)(H,19,20)/t13?,14-,15+,20-;7?,8?,9-,12-/m10/s1. The van der Waals surface area contributed by atoms with Gasteiger partial charge >= 0.3 is 35.8 Å². The Kier molecular flexibility index (Phi) is 11.1. The van der Waals surface area contributed by atoms with Crippen LogP contribution in [0.4, 0.5) is 4.79 Å². The molecule has 3 unspecified atom stereocenters. The normalized spacial score (nSPS) is 29.2. The molecule has 316 valence electrons. The molecule has 1 aromatic carbocycles. The van der Waals surface area contributed by atoms with Gasteiger partial charge in [-0.3, -0.25) is 33.7 Å². The first-order valence-corrected chi connectivity index (χ1v) is 20.6. The van der Waals surface area contributed by atoms with E-state index in [2.05, 4.69) is 20.9 Å². The number of hydrogen-bond donors (Lipinski definition) is 5. The van der Waals surface area contributed by atoms with Gasteiger partial charge in [-0.2, -0.15) is 0 Å². The molecule has 1 aliphatic carbocycles. The molecule has 4 aliphatic heterocycles. The van der Waals surface area contributed by atoms with E-state index in [0.29, 0.717) is 12.1 Å². The van der Waals surface area contributed by atoms with E-state index in [1.165, 1.54) is 28.5 Å². The van der Waals surface area contributed by atoms with Crippen molar-refractivity contribution < 1.29 is 66.9 Å². The number of nitrogens with one attached hydrogen (secondary N) is 2. The maximum absolute atomic E-state index is 13.3. The highest BCUT2D eigenvalue weighted by atomic mass is 32.2. The van der Waals surface area contributed by atoms with E-state index in [9.17, 15) is 61.8 Å². The number of fused-ring (bicyclic) bond motifs is 2. The van der Waals surface area contributed by atoms with Crippen LogP contribution in [0, 0.1) is 11.8 Å². The van der Waals surface area contributed by atoms with Gasteiger partial charge in [0.15, 0.2) is 15.5 Å². The maximum Gasteiger partial charge on any atom is 0.355 e. The van der Waals surface area contributed by atoms with Crippen molar-refractivity contribution in [1.29, 1.82) is 0 Å². The number of benzene rings is 1. The summed E-state index contributed by atoms with van der Waals surface area (Å²) in [6.45, 7) is 6.40. The van der Waals surface area contributed by atoms with E-state index >= 15 is 0 Å². The zero-order valence-electron chi connectivity index (χ0n) is 31.9. The lowest BCUT2D eigenvalue weighted by molar-refractivity contribution is -0.161. The number of hydrogen-bond acceptors (Lipinski definition) is 14. The molecule has 8 atom stereocenters. The molecule has 2 aromatic rings. The lowest BCUT2D eigenvalue weighted by Gasteiger charge is -2.44. The van der Waals surface area contributed by atoms with E-state index in [4.69, 9.17) is 5.11 Å². The minimum absolute atomic E-state index is 0.0200. The molecule has 24 heteroatoms. The summed E-state index contributed by atoms with van der Waals surface area (Å²) in [4.78, 5) is 113. The SMILES string of the molecule is CCN1CCN(C(=O)NC(C(=O)N[C@@H]2C(=O)N3[C@@H]2SC(C)(C)[C@@H]3C(=O)O)c2ccccc2)C(=O)C1=O.C[C@]1(Cn2nncc2C(=O)O)[C@H](C(=O)O)C2C(=O)CC2S1(=O)=O. The number of aromatic nitrogens is 3. The van der Waals surface area contributed by atoms with Crippen molar-refractivity contribution in [2.24, 2.45) is 11.8 Å². The minimum Gasteiger partial charge on any atom is -0.481 e. The van der Waals surface area contributed by atoms with Crippen molar-refractivity contribution in [3.8, 4) is 0 Å². The zero-order chi connectivity index (χ0) is 43.5. The molecule has 5 heterocycles. The monoisotopic (exact) mass is 860 g/mol. The highest BCUT2D eigenvalue weighted by Crippen LogP contribution is 2.54. The number of carboxylic acid groups (broad SMARTS) is 3. The Hall–Kier alpha value is -5.91. The fraction of sp³-hybridized carbons (Fsp3) is 0.514. The number of piperazine rings is 1. The molecule has 0 radical (unpaired) electrons. The number of carbonyl (C=O) groups is 9. The number of imide groups is 1. The Bertz CT molecular complexity index is 2270. The number of sulfone groups is 1. The molecule has 0 spiro atoms. The molecular weight excluding hydrogens is 821 g/mol. The third-order valence-corrected chi connectivity index (χ3v) is 15.9. The molecule has 0 bridgehead atoms. The van der Waals surface area contributed by atoms with Crippen LogP contribution in [0.15, 0.2) is 36.5 Å². The summed E-state index contributed by atoms with van der Waals surface area (Å²) >= 11 is 1.28. The maximum atomic E-state index is 13.3. The number of nitrogens with zero attached hydrogens (tertiary/aromatic N) is 6. The molecule has 7 rings (SSSR count). The van der Waals surface area contributed by atoms with Crippen LogP contribution in [0.5, 0.6) is 0 Å². The van der Waals surface area contributed by atoms with Crippen molar-refractivity contribution in [3.63, 3.8) is 0 Å². The summed E-state index contributed by atoms with van der Waals surface area (Å²) in [5.74, 6) is -9.80. The van der Waals surface area contributed by atoms with Gasteiger partial charge in [0, 0.05) is 36.7 Å². The number of aromatic carboxylic acids is 1. The Morgan fingerprint density at radius 1 is 0.966 bits per heavy atom. The van der Waals surface area contributed by atoms with Crippen LogP contribution >= 0.6 is 11.8 Å². The fourth-order valence-corrected chi connectivity index (χ4v) is 12.6. The van der Waals surface area contributed by atoms with Gasteiger partial charge in [0.25, 0.3) is 0 Å². The first-order chi connectivity index (χ1) is 27.6. The van der Waals surface area contributed by atoms with Crippen LogP contribution < -0.4 is 10.6 Å². The number of rotatable bonds is 10. The van der Waals surface area contributed by atoms with Gasteiger partial charge < -0.3 is 35.8 Å². The van der Waals surface area contributed by atoms with Crippen LogP contribution in [-0.2, 0) is 49.9 Å². The number of carboxylic acids is 3. The van der Waals surface area contributed by atoms with Crippen molar-refractivity contribution in [3.05, 3.63) is 47.8 Å². The second kappa shape index (κ2) is 15.4. The van der Waals surface area contributed by atoms with Gasteiger partial charge in [-0.1, -0.05) is 35.5 Å². The molecular formula is C35H40N8O14S2. The second-order valence-corrected chi connectivity index (χ2v) is 19.6. The number of urea groups is 1. The van der Waals surface area contributed by atoms with Gasteiger partial charge in [-0.05, 0) is 33.3 Å². The van der Waals surface area contributed by atoms with E-state index < -0.39 is 120 Å². The van der Waals surface area contributed by atoms with Crippen molar-refractivity contribution >= 4 is 75.0 Å². The predicted molar refractivity (Wildman–Crippen MR) is 200 cm³/mol. The number of amides is 6. The number of Topliss-reactive ketones (excluding diaryl/α,β-unsaturated/α-hetero) is 1. The number of β-lactam (4-membered cyclic amide) rings is 1. The van der Waals surface area contributed by atoms with Crippen molar-refractivity contribution in [2.45, 2.75) is 78.9 Å². The summed E-state index contributed by atoms with van der Waals surface area (Å²) < 4.78 is 23.7. The van der Waals surface area contributed by atoms with Gasteiger partial charge in [-0.25, -0.2) is 27.5 Å². The Morgan fingerprint density at radius 2 is 1.63 bits per heavy atom. The van der Waals surface area contributed by atoms with Gasteiger partial charge in [-0.15, -0.1) is 16.9 Å². The Balaban J connectivity index is 0.000000219. The van der Waals surface area contributed by atoms with E-state index in [0.717, 1.165) is 15.8 Å². The minimum atomic E-state index is -3.96. The average Bonchev–Trinajstić information content (AvgIpc) is 3.78. The molecule has 4 saturated heterocycles. The summed E-state index contributed by atoms with van der Waals surface area (Å²) in [6.07, 6.45) is 0.748. The van der Waals surface area contributed by atoms with Gasteiger partial charge in [0.05, 0.1) is 23.9 Å². The van der Waals surface area contributed by atoms with E-state index in [-0.39, 0.29) is 25.2 Å². The quantitative estimate of drug-likeness (QED) is 0.135. The van der Waals surface area contributed by atoms with Crippen LogP contribution in [0.3, 0.4) is 0 Å². The molecule has 22 nitrogen and oxygen atoms in total. The molecule has 1 aromatic heterocycles. The fourth-order valence-electron chi connectivity index (χ4n) is 8.25. The summed E-state index contributed by atoms with van der Waals surface area (Å²) in [6, 6.07) is 4.11. The van der Waals surface area contributed by atoms with Crippen molar-refractivity contribution in [1.82, 2.24) is 40.3 Å². The summed E-state index contributed by atoms with van der Waals surface area (Å²) in [5, 5.41) is 38.6. The molecule has 1 saturated carbocycles. The molecule has 6 amide bonds. The number of ketones is 1. The molecule has 59 heavy (non-hydrogen) atoms. The highest BCUT2D eigenvalue weighted by molar-refractivity contribution is 8.01. The summed E-state index contributed by atoms with van der Waals surface area (Å²) in [5.41, 5.74) is 0.0527. The van der Waals surface area contributed by atoms with E-state index in [1.807, 2.05) is 0 Å². The van der Waals surface area contributed by atoms with Crippen LogP contribution in [-0.4, -0.2) is 159 Å². The van der Waals surface area contributed by atoms with Gasteiger partial charge in [0.1, 0.15) is 34.0 Å². The lowest BCUT2D eigenvalue weighted by atomic mass is 9.70. The van der Waals surface area contributed by atoms with Crippen molar-refractivity contribution in [2.75, 3.05) is 19.6 Å². The predicted octanol–water partition coefficient (Wildman–Crippen LogP) is -1.42. The number of aliphatic carboxylic acids is 2. The molecule has 5 aliphatic rings. The number of carbonyl (C=O) groups excluding carboxylic acids is 6. The first-order valence-electron chi connectivity index (χ1n) is 18.2. The van der Waals surface area contributed by atoms with Crippen LogP contribution in [0.1, 0.15) is 56.2 Å². The van der Waals surface area contributed by atoms with E-state index in [1.54, 1.807) is 51.1 Å². The smallest absolute Gasteiger partial charge is 0.355 e. The third-order valence-electron chi connectivity index (χ3n) is 11.4.